The minimum Gasteiger partial charge on any atom is -0.333 e. The molecule has 0 aliphatic rings. The maximum Gasteiger partial charge on any atom is 0.246 e. The number of hydrogen-bond donors (Lipinski definition) is 2. The van der Waals surface area contributed by atoms with Gasteiger partial charge in [0.2, 0.25) is 11.9 Å². The molecule has 11 nitrogen and oxygen atoms in total. The molecule has 0 saturated heterocycles. The first-order chi connectivity index (χ1) is 16.7. The van der Waals surface area contributed by atoms with E-state index in [0.29, 0.717) is 36.0 Å². The topological polar surface area (TPSA) is 118 Å². The third-order valence-electron chi connectivity index (χ3n) is 5.85. The van der Waals surface area contributed by atoms with Crippen molar-refractivity contribution in [3.05, 3.63) is 49.4 Å². The first kappa shape index (κ1) is 24.1. The number of amides is 1. The Morgan fingerprint density at radius 2 is 2.03 bits per heavy atom. The molecule has 35 heavy (non-hydrogen) atoms. The lowest BCUT2D eigenvalue weighted by molar-refractivity contribution is -0.115. The fourth-order valence-electron chi connectivity index (χ4n) is 3.50. The lowest BCUT2D eigenvalue weighted by Gasteiger charge is -2.31. The summed E-state index contributed by atoms with van der Waals surface area (Å²) in [5, 5.41) is 10.8. The normalized spacial score (nSPS) is 11.7. The van der Waals surface area contributed by atoms with Crippen molar-refractivity contribution in [2.24, 2.45) is 5.41 Å². The van der Waals surface area contributed by atoms with Crippen molar-refractivity contribution in [1.82, 2.24) is 34.1 Å². The molecular weight excluding hydrogens is 444 g/mol. The molecule has 0 aromatic carbocycles. The highest BCUT2D eigenvalue weighted by Crippen LogP contribution is 2.26. The van der Waals surface area contributed by atoms with Gasteiger partial charge in [0.05, 0.1) is 12.5 Å². The molecule has 0 fully saturated rings. The van der Waals surface area contributed by atoms with Crippen LogP contribution in [0.1, 0.15) is 47.1 Å². The van der Waals surface area contributed by atoms with Crippen molar-refractivity contribution < 1.29 is 4.79 Å². The molecule has 11 heteroatoms. The Morgan fingerprint density at radius 3 is 2.71 bits per heavy atom. The standard InChI is InChI=1S/C24H32N10O/c1-6-24(4,5)15-32(14-21(35)28-19-12-25-9-10-26-19)23-30-22(18-8-7-11-34(18)31-23)29-20-13-33(16-27-20)17(2)3/h7-13,16-17H,6,14-15H2,1-5H3,(H,26,28,35)(H,29,30,31). The van der Waals surface area contributed by atoms with E-state index >= 15 is 0 Å². The van der Waals surface area contributed by atoms with Gasteiger partial charge >= 0.3 is 0 Å². The predicted molar refractivity (Wildman–Crippen MR) is 136 cm³/mol. The molecule has 0 radical (unpaired) electrons. The van der Waals surface area contributed by atoms with Crippen LogP contribution < -0.4 is 15.5 Å². The van der Waals surface area contributed by atoms with E-state index in [-0.39, 0.29) is 17.9 Å². The molecule has 0 aliphatic heterocycles. The van der Waals surface area contributed by atoms with Crippen LogP contribution in [0.3, 0.4) is 0 Å². The lowest BCUT2D eigenvalue weighted by Crippen LogP contribution is -2.41. The molecule has 4 aromatic heterocycles. The summed E-state index contributed by atoms with van der Waals surface area (Å²) in [6, 6.07) is 4.14. The van der Waals surface area contributed by atoms with E-state index in [2.05, 4.69) is 60.2 Å². The number of rotatable bonds is 10. The van der Waals surface area contributed by atoms with Gasteiger partial charge in [-0.05, 0) is 37.8 Å². The van der Waals surface area contributed by atoms with Crippen molar-refractivity contribution in [1.29, 1.82) is 0 Å². The van der Waals surface area contributed by atoms with E-state index in [4.69, 9.17) is 10.1 Å². The summed E-state index contributed by atoms with van der Waals surface area (Å²) in [5.74, 6) is 1.92. The van der Waals surface area contributed by atoms with Crippen LogP contribution in [0.15, 0.2) is 49.4 Å². The van der Waals surface area contributed by atoms with Crippen molar-refractivity contribution in [3.63, 3.8) is 0 Å². The second-order valence-electron chi connectivity index (χ2n) is 9.54. The predicted octanol–water partition coefficient (Wildman–Crippen LogP) is 3.92. The fourth-order valence-corrected chi connectivity index (χ4v) is 3.50. The summed E-state index contributed by atoms with van der Waals surface area (Å²) in [6.07, 6.45) is 11.1. The Bertz CT molecular complexity index is 1280. The van der Waals surface area contributed by atoms with E-state index < -0.39 is 0 Å². The summed E-state index contributed by atoms with van der Waals surface area (Å²) in [6.45, 7) is 11.3. The number of carbonyl (C=O) groups is 1. The van der Waals surface area contributed by atoms with Gasteiger partial charge in [0.1, 0.15) is 17.9 Å². The molecule has 0 unspecified atom stereocenters. The monoisotopic (exact) mass is 476 g/mol. The van der Waals surface area contributed by atoms with Gasteiger partial charge in [-0.3, -0.25) is 9.78 Å². The van der Waals surface area contributed by atoms with Gasteiger partial charge in [-0.25, -0.2) is 14.5 Å². The van der Waals surface area contributed by atoms with Gasteiger partial charge in [0.25, 0.3) is 0 Å². The van der Waals surface area contributed by atoms with Gasteiger partial charge in [0, 0.05) is 37.4 Å². The average molecular weight is 477 g/mol. The number of carbonyl (C=O) groups excluding carboxylic acids is 1. The molecule has 0 atom stereocenters. The van der Waals surface area contributed by atoms with Gasteiger partial charge in [-0.2, -0.15) is 4.98 Å². The highest BCUT2D eigenvalue weighted by molar-refractivity contribution is 5.93. The Kier molecular flexibility index (Phi) is 6.94. The molecule has 0 saturated carbocycles. The van der Waals surface area contributed by atoms with Crippen LogP contribution in [0.4, 0.5) is 23.4 Å². The summed E-state index contributed by atoms with van der Waals surface area (Å²) in [4.78, 5) is 32.2. The number of fused-ring (bicyclic) bond motifs is 1. The zero-order valence-corrected chi connectivity index (χ0v) is 20.8. The van der Waals surface area contributed by atoms with Crippen LogP contribution in [0.2, 0.25) is 0 Å². The highest BCUT2D eigenvalue weighted by Gasteiger charge is 2.25. The van der Waals surface area contributed by atoms with Gasteiger partial charge < -0.3 is 20.1 Å². The van der Waals surface area contributed by atoms with Crippen molar-refractivity contribution >= 4 is 34.8 Å². The summed E-state index contributed by atoms with van der Waals surface area (Å²) in [5.41, 5.74) is 0.748. The Balaban J connectivity index is 1.66. The number of anilines is 4. The maximum atomic E-state index is 12.9. The van der Waals surface area contributed by atoms with Crippen molar-refractivity contribution in [3.8, 4) is 0 Å². The molecule has 1 amide bonds. The zero-order valence-electron chi connectivity index (χ0n) is 20.8. The highest BCUT2D eigenvalue weighted by atomic mass is 16.2. The summed E-state index contributed by atoms with van der Waals surface area (Å²) < 4.78 is 3.78. The average Bonchev–Trinajstić information content (AvgIpc) is 3.49. The van der Waals surface area contributed by atoms with Crippen LogP contribution in [0.25, 0.3) is 5.52 Å². The lowest BCUT2D eigenvalue weighted by atomic mass is 9.90. The van der Waals surface area contributed by atoms with E-state index in [1.165, 1.54) is 12.4 Å². The zero-order chi connectivity index (χ0) is 25.0. The number of nitrogens with one attached hydrogen (secondary N) is 2. The summed E-state index contributed by atoms with van der Waals surface area (Å²) in [7, 11) is 0. The Labute approximate surface area is 204 Å². The van der Waals surface area contributed by atoms with E-state index in [1.807, 2.05) is 34.0 Å². The first-order valence-corrected chi connectivity index (χ1v) is 11.7. The van der Waals surface area contributed by atoms with Crippen LogP contribution in [-0.4, -0.2) is 53.1 Å². The molecule has 4 rings (SSSR count). The van der Waals surface area contributed by atoms with E-state index in [1.54, 1.807) is 17.0 Å². The minimum absolute atomic E-state index is 0.0637. The molecule has 0 bridgehead atoms. The van der Waals surface area contributed by atoms with E-state index in [0.717, 1.165) is 11.9 Å². The van der Waals surface area contributed by atoms with Gasteiger partial charge in [-0.15, -0.1) is 5.10 Å². The van der Waals surface area contributed by atoms with Crippen LogP contribution in [-0.2, 0) is 4.79 Å². The second-order valence-corrected chi connectivity index (χ2v) is 9.54. The smallest absolute Gasteiger partial charge is 0.246 e. The quantitative estimate of drug-likeness (QED) is 0.354. The molecule has 0 aliphatic carbocycles. The number of imidazole rings is 1. The van der Waals surface area contributed by atoms with Crippen molar-refractivity contribution in [2.75, 3.05) is 28.6 Å². The van der Waals surface area contributed by atoms with Crippen LogP contribution >= 0.6 is 0 Å². The minimum atomic E-state index is -0.223. The molecule has 4 aromatic rings. The number of hydrogen-bond acceptors (Lipinski definition) is 8. The number of aromatic nitrogens is 7. The van der Waals surface area contributed by atoms with Gasteiger partial charge in [-0.1, -0.05) is 20.8 Å². The van der Waals surface area contributed by atoms with E-state index in [9.17, 15) is 4.79 Å². The largest absolute Gasteiger partial charge is 0.333 e. The number of nitrogens with zero attached hydrogens (tertiary/aromatic N) is 8. The summed E-state index contributed by atoms with van der Waals surface area (Å²) >= 11 is 0. The van der Waals surface area contributed by atoms with Gasteiger partial charge in [0.15, 0.2) is 11.6 Å². The third kappa shape index (κ3) is 5.92. The molecule has 4 heterocycles. The molecule has 0 spiro atoms. The van der Waals surface area contributed by atoms with Crippen LogP contribution in [0.5, 0.6) is 0 Å². The molecule has 2 N–H and O–H groups in total. The molecular formula is C24H32N10O. The fraction of sp³-hybridized carbons (Fsp3) is 0.417. The SMILES string of the molecule is CCC(C)(C)CN(CC(=O)Nc1cnccn1)c1nc(Nc2cn(C(C)C)cn2)c2cccn2n1. The van der Waals surface area contributed by atoms with Crippen molar-refractivity contribution in [2.45, 2.75) is 47.1 Å². The molecule has 184 valence electrons. The Hall–Kier alpha value is -4.02. The first-order valence-electron chi connectivity index (χ1n) is 11.7. The maximum absolute atomic E-state index is 12.9. The Morgan fingerprint density at radius 1 is 1.20 bits per heavy atom. The van der Waals surface area contributed by atoms with Crippen LogP contribution in [0, 0.1) is 5.41 Å². The second kappa shape index (κ2) is 10.1. The third-order valence-corrected chi connectivity index (χ3v) is 5.85.